The number of allylic oxidation sites excluding steroid dienone is 1. The number of rotatable bonds is 14. The van der Waals surface area contributed by atoms with E-state index in [0.717, 1.165) is 11.5 Å². The molecule has 0 aliphatic carbocycles. The van der Waals surface area contributed by atoms with Crippen molar-refractivity contribution in [3.8, 4) is 11.5 Å². The second-order valence-corrected chi connectivity index (χ2v) is 21.2. The number of hydrogen-bond donors (Lipinski definition) is 0. The van der Waals surface area contributed by atoms with E-state index in [1.807, 2.05) is 30.5 Å². The summed E-state index contributed by atoms with van der Waals surface area (Å²) in [6.45, 7) is 7.00. The SMILES string of the molecule is CCC[CH2][Sn]([CH2]/C=C/Oc1ccc(OC)cc1)([CH2]CCC)[CH2]CCC. The Morgan fingerprint density at radius 3 is 1.72 bits per heavy atom. The van der Waals surface area contributed by atoms with E-state index in [-0.39, 0.29) is 0 Å². The quantitative estimate of drug-likeness (QED) is 0.215. The Morgan fingerprint density at radius 2 is 1.28 bits per heavy atom. The zero-order valence-corrected chi connectivity index (χ0v) is 19.7. The molecule has 0 amide bonds. The van der Waals surface area contributed by atoms with Gasteiger partial charge < -0.3 is 0 Å². The normalized spacial score (nSPS) is 11.8. The Bertz CT molecular complexity index is 446. The molecule has 0 N–H and O–H groups in total. The molecule has 0 unspecified atom stereocenters. The van der Waals surface area contributed by atoms with Crippen molar-refractivity contribution in [2.45, 2.75) is 77.0 Å². The second-order valence-electron chi connectivity index (χ2n) is 7.18. The van der Waals surface area contributed by atoms with E-state index in [2.05, 4.69) is 26.8 Å². The van der Waals surface area contributed by atoms with E-state index in [1.165, 1.54) is 43.0 Å². The summed E-state index contributed by atoms with van der Waals surface area (Å²) in [4.78, 5) is 0. The first-order valence-electron chi connectivity index (χ1n) is 10.2. The van der Waals surface area contributed by atoms with Gasteiger partial charge in [0.2, 0.25) is 0 Å². The summed E-state index contributed by atoms with van der Waals surface area (Å²) in [5.41, 5.74) is 0. The van der Waals surface area contributed by atoms with Crippen molar-refractivity contribution in [1.29, 1.82) is 0 Å². The minimum atomic E-state index is -2.05. The predicted molar refractivity (Wildman–Crippen MR) is 112 cm³/mol. The van der Waals surface area contributed by atoms with Gasteiger partial charge in [-0.15, -0.1) is 0 Å². The van der Waals surface area contributed by atoms with Crippen molar-refractivity contribution in [2.75, 3.05) is 7.11 Å². The molecule has 142 valence electrons. The molecule has 0 saturated carbocycles. The summed E-state index contributed by atoms with van der Waals surface area (Å²) in [5, 5.41) is 0. The van der Waals surface area contributed by atoms with E-state index in [9.17, 15) is 0 Å². The van der Waals surface area contributed by atoms with Crippen molar-refractivity contribution >= 4 is 18.4 Å². The minimum absolute atomic E-state index is 0.866. The molecule has 1 aromatic rings. The van der Waals surface area contributed by atoms with Gasteiger partial charge in [-0.1, -0.05) is 0 Å². The first-order chi connectivity index (χ1) is 12.2. The first kappa shape index (κ1) is 22.4. The third kappa shape index (κ3) is 9.03. The average molecular weight is 453 g/mol. The van der Waals surface area contributed by atoms with Crippen LogP contribution in [-0.2, 0) is 0 Å². The maximum absolute atomic E-state index is 5.81. The molecule has 0 spiro atoms. The number of methoxy groups -OCH3 is 1. The summed E-state index contributed by atoms with van der Waals surface area (Å²) in [7, 11) is 1.69. The van der Waals surface area contributed by atoms with Gasteiger partial charge in [-0.25, -0.2) is 0 Å². The molecule has 0 aliphatic heterocycles. The van der Waals surface area contributed by atoms with Crippen LogP contribution in [0, 0.1) is 0 Å². The van der Waals surface area contributed by atoms with Gasteiger partial charge in [0.15, 0.2) is 0 Å². The van der Waals surface area contributed by atoms with Crippen LogP contribution in [0.15, 0.2) is 36.6 Å². The van der Waals surface area contributed by atoms with Crippen molar-refractivity contribution in [1.82, 2.24) is 0 Å². The van der Waals surface area contributed by atoms with Crippen LogP contribution in [0.1, 0.15) is 59.3 Å². The Hall–Kier alpha value is -0.641. The van der Waals surface area contributed by atoms with Crippen LogP contribution in [0.3, 0.4) is 0 Å². The van der Waals surface area contributed by atoms with Crippen molar-refractivity contribution in [2.24, 2.45) is 0 Å². The molecular weight excluding hydrogens is 415 g/mol. The first-order valence-corrected chi connectivity index (χ1v) is 18.2. The van der Waals surface area contributed by atoms with E-state index in [1.54, 1.807) is 20.4 Å². The van der Waals surface area contributed by atoms with Gasteiger partial charge in [0, 0.05) is 0 Å². The molecule has 0 fully saturated rings. The van der Waals surface area contributed by atoms with Crippen molar-refractivity contribution < 1.29 is 9.47 Å². The Balaban J connectivity index is 2.65. The van der Waals surface area contributed by atoms with Crippen molar-refractivity contribution in [3.05, 3.63) is 36.6 Å². The summed E-state index contributed by atoms with van der Waals surface area (Å²) in [6.07, 6.45) is 12.6. The Kier molecular flexibility index (Phi) is 12.1. The van der Waals surface area contributed by atoms with E-state index < -0.39 is 18.4 Å². The van der Waals surface area contributed by atoms with Gasteiger partial charge in [0.05, 0.1) is 0 Å². The van der Waals surface area contributed by atoms with Crippen LogP contribution in [0.2, 0.25) is 17.7 Å². The molecule has 0 bridgehead atoms. The van der Waals surface area contributed by atoms with Crippen LogP contribution in [0.25, 0.3) is 0 Å². The average Bonchev–Trinajstić information content (AvgIpc) is 2.66. The topological polar surface area (TPSA) is 18.5 Å². The molecule has 0 aromatic heterocycles. The molecular formula is C22H38O2Sn. The fourth-order valence-corrected chi connectivity index (χ4v) is 18.5. The summed E-state index contributed by atoms with van der Waals surface area (Å²) >= 11 is -2.05. The van der Waals surface area contributed by atoms with Gasteiger partial charge in [0.1, 0.15) is 0 Å². The number of unbranched alkanes of at least 4 members (excludes halogenated alkanes) is 3. The zero-order chi connectivity index (χ0) is 18.4. The summed E-state index contributed by atoms with van der Waals surface area (Å²) < 4.78 is 17.0. The number of hydrogen-bond acceptors (Lipinski definition) is 2. The summed E-state index contributed by atoms with van der Waals surface area (Å²) in [5.74, 6) is 1.75. The molecule has 3 heteroatoms. The fourth-order valence-electron chi connectivity index (χ4n) is 3.42. The second kappa shape index (κ2) is 13.5. The maximum atomic E-state index is 5.81. The molecule has 0 heterocycles. The van der Waals surface area contributed by atoms with Crippen LogP contribution in [0.4, 0.5) is 0 Å². The molecule has 1 rings (SSSR count). The monoisotopic (exact) mass is 454 g/mol. The molecule has 0 aliphatic rings. The van der Waals surface area contributed by atoms with Gasteiger partial charge in [-0.3, -0.25) is 0 Å². The van der Waals surface area contributed by atoms with Crippen LogP contribution in [-0.4, -0.2) is 25.5 Å². The third-order valence-electron chi connectivity index (χ3n) is 5.09. The number of benzene rings is 1. The van der Waals surface area contributed by atoms with Crippen molar-refractivity contribution in [3.63, 3.8) is 0 Å². The molecule has 0 atom stereocenters. The predicted octanol–water partition coefficient (Wildman–Crippen LogP) is 7.44. The van der Waals surface area contributed by atoms with Gasteiger partial charge in [-0.2, -0.15) is 0 Å². The molecule has 25 heavy (non-hydrogen) atoms. The Morgan fingerprint density at radius 1 is 0.800 bits per heavy atom. The van der Waals surface area contributed by atoms with E-state index >= 15 is 0 Å². The van der Waals surface area contributed by atoms with Gasteiger partial charge in [0.25, 0.3) is 0 Å². The van der Waals surface area contributed by atoms with Crippen LogP contribution >= 0.6 is 0 Å². The fraction of sp³-hybridized carbons (Fsp3) is 0.636. The third-order valence-corrected chi connectivity index (χ3v) is 20.3. The molecule has 1 aromatic carbocycles. The van der Waals surface area contributed by atoms with Crippen LogP contribution < -0.4 is 9.47 Å². The molecule has 0 saturated heterocycles. The van der Waals surface area contributed by atoms with Gasteiger partial charge in [-0.05, 0) is 0 Å². The summed E-state index contributed by atoms with van der Waals surface area (Å²) in [6, 6.07) is 7.81. The standard InChI is InChI=1S/C10H11O2.3C4H9.Sn/c1-3-8-12-10-6-4-9(11-2)5-7-10;3*1-3-4-2;/h3-8H,1H2,2H3;3*1,3-4H2,2H3;/b8-3+;;;;. The van der Waals surface area contributed by atoms with Crippen LogP contribution in [0.5, 0.6) is 11.5 Å². The van der Waals surface area contributed by atoms with E-state index in [0.29, 0.717) is 0 Å². The zero-order valence-electron chi connectivity index (χ0n) is 16.9. The Labute approximate surface area is 159 Å². The van der Waals surface area contributed by atoms with Gasteiger partial charge >= 0.3 is 160 Å². The number of ether oxygens (including phenoxy) is 2. The molecule has 2 nitrogen and oxygen atoms in total. The van der Waals surface area contributed by atoms with E-state index in [4.69, 9.17) is 9.47 Å². The molecule has 0 radical (unpaired) electrons.